The van der Waals surface area contributed by atoms with Crippen LogP contribution in [-0.4, -0.2) is 14.1 Å². The third kappa shape index (κ3) is 2.44. The minimum absolute atomic E-state index is 0.0714. The van der Waals surface area contributed by atoms with Crippen LogP contribution in [0.4, 0.5) is 10.2 Å². The smallest absolute Gasteiger partial charge is 0.332 e. The normalized spacial score (nSPS) is 11.0. The summed E-state index contributed by atoms with van der Waals surface area (Å²) in [6.45, 7) is 1.82. The maximum atomic E-state index is 13.1. The highest BCUT2D eigenvalue weighted by molar-refractivity contribution is 7.15. The largest absolute Gasteiger partial charge is 0.384 e. The van der Waals surface area contributed by atoms with Crippen molar-refractivity contribution in [2.75, 3.05) is 5.73 Å². The maximum absolute atomic E-state index is 13.1. The fraction of sp³-hybridized carbons (Fsp3) is 0.188. The van der Waals surface area contributed by atoms with Crippen molar-refractivity contribution in [2.45, 2.75) is 6.92 Å². The first-order valence-corrected chi connectivity index (χ1v) is 7.92. The van der Waals surface area contributed by atoms with Crippen molar-refractivity contribution in [1.29, 1.82) is 0 Å². The molecule has 0 bridgehead atoms. The van der Waals surface area contributed by atoms with Crippen LogP contribution < -0.4 is 17.0 Å². The number of nitrogen functional groups attached to an aromatic ring is 1. The van der Waals surface area contributed by atoms with Crippen LogP contribution in [0, 0.1) is 12.7 Å². The molecule has 3 rings (SSSR count). The summed E-state index contributed by atoms with van der Waals surface area (Å²) < 4.78 is 15.3. The Morgan fingerprint density at radius 1 is 1.12 bits per heavy atom. The van der Waals surface area contributed by atoms with Gasteiger partial charge in [-0.15, -0.1) is 11.3 Å². The Kier molecular flexibility index (Phi) is 3.84. The molecule has 0 amide bonds. The molecule has 0 fully saturated rings. The van der Waals surface area contributed by atoms with Crippen LogP contribution in [0.15, 0.2) is 33.9 Å². The molecule has 0 aliphatic carbocycles. The SMILES string of the molecule is Cc1sc(-c2ccc(F)cc2)nc1-c1c(N)n(C)c(=O)n(C)c1=O. The second-order valence-electron chi connectivity index (χ2n) is 5.40. The van der Waals surface area contributed by atoms with E-state index in [-0.39, 0.29) is 17.2 Å². The molecule has 0 aliphatic rings. The van der Waals surface area contributed by atoms with Gasteiger partial charge in [0.2, 0.25) is 0 Å². The van der Waals surface area contributed by atoms with E-state index in [0.717, 1.165) is 15.0 Å². The number of nitrogens with two attached hydrogens (primary N) is 1. The number of hydrogen-bond acceptors (Lipinski definition) is 5. The summed E-state index contributed by atoms with van der Waals surface area (Å²) in [7, 11) is 2.90. The number of benzene rings is 1. The summed E-state index contributed by atoms with van der Waals surface area (Å²) in [5.74, 6) is -0.259. The van der Waals surface area contributed by atoms with E-state index in [1.54, 1.807) is 12.1 Å². The zero-order chi connectivity index (χ0) is 17.6. The second kappa shape index (κ2) is 5.72. The van der Waals surface area contributed by atoms with Gasteiger partial charge >= 0.3 is 5.69 Å². The minimum atomic E-state index is -0.493. The number of hydrogen-bond donors (Lipinski definition) is 1. The molecule has 2 heterocycles. The van der Waals surface area contributed by atoms with E-state index in [0.29, 0.717) is 10.7 Å². The first-order valence-electron chi connectivity index (χ1n) is 7.10. The molecule has 3 aromatic rings. The molecule has 124 valence electrons. The Morgan fingerprint density at radius 3 is 2.38 bits per heavy atom. The van der Waals surface area contributed by atoms with Crippen LogP contribution >= 0.6 is 11.3 Å². The van der Waals surface area contributed by atoms with Gasteiger partial charge in [-0.1, -0.05) is 0 Å². The van der Waals surface area contributed by atoms with Gasteiger partial charge in [0.15, 0.2) is 0 Å². The summed E-state index contributed by atoms with van der Waals surface area (Å²) >= 11 is 1.38. The molecule has 0 radical (unpaired) electrons. The Morgan fingerprint density at radius 2 is 1.75 bits per heavy atom. The summed E-state index contributed by atoms with van der Waals surface area (Å²) in [6, 6.07) is 5.95. The van der Waals surface area contributed by atoms with Gasteiger partial charge in [-0.3, -0.25) is 13.9 Å². The average Bonchev–Trinajstić information content (AvgIpc) is 2.94. The van der Waals surface area contributed by atoms with Gasteiger partial charge in [0, 0.05) is 24.5 Å². The lowest BCUT2D eigenvalue weighted by atomic mass is 10.2. The van der Waals surface area contributed by atoms with E-state index in [2.05, 4.69) is 4.98 Å². The summed E-state index contributed by atoms with van der Waals surface area (Å²) in [6.07, 6.45) is 0. The third-order valence-corrected chi connectivity index (χ3v) is 4.85. The van der Waals surface area contributed by atoms with E-state index in [1.807, 2.05) is 6.92 Å². The van der Waals surface area contributed by atoms with Crippen LogP contribution in [-0.2, 0) is 14.1 Å². The number of anilines is 1. The molecule has 0 atom stereocenters. The van der Waals surface area contributed by atoms with Crippen molar-refractivity contribution in [2.24, 2.45) is 14.1 Å². The molecule has 0 saturated carbocycles. The van der Waals surface area contributed by atoms with Crippen molar-refractivity contribution < 1.29 is 4.39 Å². The van der Waals surface area contributed by atoms with E-state index in [1.165, 1.54) is 42.1 Å². The number of halogens is 1. The summed E-state index contributed by atoms with van der Waals surface area (Å²) in [5.41, 5.74) is 6.38. The molecule has 2 aromatic heterocycles. The fourth-order valence-electron chi connectivity index (χ4n) is 2.43. The predicted molar refractivity (Wildman–Crippen MR) is 92.6 cm³/mol. The highest BCUT2D eigenvalue weighted by Gasteiger charge is 2.20. The van der Waals surface area contributed by atoms with Crippen molar-refractivity contribution in [3.8, 4) is 21.8 Å². The van der Waals surface area contributed by atoms with E-state index in [4.69, 9.17) is 5.73 Å². The molecular formula is C16H15FN4O2S. The molecule has 2 N–H and O–H groups in total. The van der Waals surface area contributed by atoms with Gasteiger partial charge in [-0.25, -0.2) is 14.2 Å². The van der Waals surface area contributed by atoms with Crippen molar-refractivity contribution in [3.63, 3.8) is 0 Å². The Bertz CT molecular complexity index is 1050. The van der Waals surface area contributed by atoms with Gasteiger partial charge < -0.3 is 5.73 Å². The summed E-state index contributed by atoms with van der Waals surface area (Å²) in [4.78, 5) is 29.7. The highest BCUT2D eigenvalue weighted by atomic mass is 32.1. The monoisotopic (exact) mass is 346 g/mol. The van der Waals surface area contributed by atoms with Crippen LogP contribution in [0.3, 0.4) is 0 Å². The molecular weight excluding hydrogens is 331 g/mol. The first kappa shape index (κ1) is 16.1. The van der Waals surface area contributed by atoms with Gasteiger partial charge in [-0.2, -0.15) is 0 Å². The number of nitrogens with zero attached hydrogens (tertiary/aromatic N) is 3. The molecule has 1 aromatic carbocycles. The summed E-state index contributed by atoms with van der Waals surface area (Å²) in [5, 5.41) is 0.651. The van der Waals surface area contributed by atoms with Crippen LogP contribution in [0.2, 0.25) is 0 Å². The highest BCUT2D eigenvalue weighted by Crippen LogP contribution is 2.33. The van der Waals surface area contributed by atoms with Gasteiger partial charge in [0.05, 0.1) is 5.69 Å². The second-order valence-corrected chi connectivity index (χ2v) is 6.60. The maximum Gasteiger partial charge on any atom is 0.332 e. The van der Waals surface area contributed by atoms with Gasteiger partial charge in [-0.05, 0) is 31.2 Å². The molecule has 0 spiro atoms. The fourth-order valence-corrected chi connectivity index (χ4v) is 3.35. The number of aromatic nitrogens is 3. The quantitative estimate of drug-likeness (QED) is 0.768. The predicted octanol–water partition coefficient (Wildman–Crippen LogP) is 1.90. The van der Waals surface area contributed by atoms with E-state index in [9.17, 15) is 14.0 Å². The lowest BCUT2D eigenvalue weighted by molar-refractivity contribution is 0.628. The molecule has 6 nitrogen and oxygen atoms in total. The van der Waals surface area contributed by atoms with E-state index >= 15 is 0 Å². The van der Waals surface area contributed by atoms with Crippen LogP contribution in [0.1, 0.15) is 4.88 Å². The topological polar surface area (TPSA) is 82.9 Å². The molecule has 0 aliphatic heterocycles. The van der Waals surface area contributed by atoms with Crippen molar-refractivity contribution in [3.05, 3.63) is 55.8 Å². The Balaban J connectivity index is 2.24. The van der Waals surface area contributed by atoms with Crippen molar-refractivity contribution >= 4 is 17.2 Å². The van der Waals surface area contributed by atoms with Crippen molar-refractivity contribution in [1.82, 2.24) is 14.1 Å². The number of rotatable bonds is 2. The first-order chi connectivity index (χ1) is 11.3. The Labute approximate surface area is 140 Å². The lowest BCUT2D eigenvalue weighted by Gasteiger charge is -2.10. The zero-order valence-electron chi connectivity index (χ0n) is 13.3. The molecule has 0 unspecified atom stereocenters. The zero-order valence-corrected chi connectivity index (χ0v) is 14.1. The van der Waals surface area contributed by atoms with Gasteiger partial charge in [0.25, 0.3) is 5.56 Å². The molecule has 0 saturated heterocycles. The number of aryl methyl sites for hydroxylation is 1. The Hall–Kier alpha value is -2.74. The standard InChI is InChI=1S/C16H15FN4O2S/c1-8-12(11-13(18)20(2)16(23)21(3)15(11)22)19-14(24-8)9-4-6-10(17)7-5-9/h4-7H,18H2,1-3H3. The molecule has 8 heteroatoms. The van der Waals surface area contributed by atoms with E-state index < -0.39 is 11.2 Å². The third-order valence-electron chi connectivity index (χ3n) is 3.83. The van der Waals surface area contributed by atoms with Crippen LogP contribution in [0.25, 0.3) is 21.8 Å². The van der Waals surface area contributed by atoms with Gasteiger partial charge in [0.1, 0.15) is 22.2 Å². The number of thiazole rings is 1. The average molecular weight is 346 g/mol. The lowest BCUT2D eigenvalue weighted by Crippen LogP contribution is -2.39. The minimum Gasteiger partial charge on any atom is -0.384 e. The molecule has 24 heavy (non-hydrogen) atoms. The van der Waals surface area contributed by atoms with Crippen LogP contribution in [0.5, 0.6) is 0 Å².